The number of benzene rings is 2. The van der Waals surface area contributed by atoms with Crippen LogP contribution in [0.2, 0.25) is 0 Å². The van der Waals surface area contributed by atoms with E-state index in [0.29, 0.717) is 44.2 Å². The molecule has 0 spiro atoms. The first-order valence-electron chi connectivity index (χ1n) is 11.7. The normalized spacial score (nSPS) is 19.7. The van der Waals surface area contributed by atoms with Crippen LogP contribution in [0.25, 0.3) is 0 Å². The number of fused-ring (bicyclic) bond motifs is 1. The van der Waals surface area contributed by atoms with Gasteiger partial charge in [0.25, 0.3) is 5.91 Å². The predicted molar refractivity (Wildman–Crippen MR) is 128 cm³/mol. The van der Waals surface area contributed by atoms with Crippen LogP contribution in [-0.4, -0.2) is 58.2 Å². The van der Waals surface area contributed by atoms with E-state index < -0.39 is 21.7 Å². The molecule has 1 N–H and O–H groups in total. The number of hydrogen-bond acceptors (Lipinski definition) is 6. The van der Waals surface area contributed by atoms with E-state index in [1.165, 1.54) is 25.3 Å². The summed E-state index contributed by atoms with van der Waals surface area (Å²) in [4.78, 5) is 14.8. The molecule has 0 bridgehead atoms. The Morgan fingerprint density at radius 1 is 1.15 bits per heavy atom. The molecule has 0 aliphatic carbocycles. The van der Waals surface area contributed by atoms with Crippen molar-refractivity contribution in [1.82, 2.24) is 9.62 Å². The summed E-state index contributed by atoms with van der Waals surface area (Å²) in [6, 6.07) is 11.5. The Kier molecular flexibility index (Phi) is 7.16. The van der Waals surface area contributed by atoms with Crippen molar-refractivity contribution in [3.63, 3.8) is 0 Å². The van der Waals surface area contributed by atoms with Gasteiger partial charge in [0.05, 0.1) is 36.8 Å². The Morgan fingerprint density at radius 2 is 1.85 bits per heavy atom. The molecule has 8 nitrogen and oxygen atoms in total. The Hall–Kier alpha value is -2.62. The van der Waals surface area contributed by atoms with Gasteiger partial charge in [0.15, 0.2) is 0 Å². The number of para-hydroxylation sites is 1. The Morgan fingerprint density at radius 3 is 2.53 bits per heavy atom. The molecular formula is C25H32N2O6S. The number of hydrogen-bond donors (Lipinski definition) is 1. The maximum atomic E-state index is 13.5. The molecule has 4 rings (SSSR count). The first kappa shape index (κ1) is 24.5. The average molecular weight is 489 g/mol. The van der Waals surface area contributed by atoms with Crippen molar-refractivity contribution in [2.75, 3.05) is 33.4 Å². The van der Waals surface area contributed by atoms with E-state index in [4.69, 9.17) is 14.2 Å². The highest BCUT2D eigenvalue weighted by molar-refractivity contribution is 7.89. The van der Waals surface area contributed by atoms with Gasteiger partial charge in [0.1, 0.15) is 17.1 Å². The molecule has 2 aliphatic rings. The van der Waals surface area contributed by atoms with Crippen molar-refractivity contribution in [1.29, 1.82) is 0 Å². The highest BCUT2D eigenvalue weighted by Gasteiger charge is 2.40. The maximum Gasteiger partial charge on any atom is 0.257 e. The van der Waals surface area contributed by atoms with Gasteiger partial charge < -0.3 is 19.1 Å². The van der Waals surface area contributed by atoms with Crippen LogP contribution in [0.3, 0.4) is 0 Å². The van der Waals surface area contributed by atoms with E-state index in [9.17, 15) is 13.2 Å². The topological polar surface area (TPSA) is 94.2 Å². The van der Waals surface area contributed by atoms with Crippen molar-refractivity contribution < 1.29 is 27.4 Å². The quantitative estimate of drug-likeness (QED) is 0.641. The molecule has 1 fully saturated rings. The van der Waals surface area contributed by atoms with Crippen LogP contribution in [0.1, 0.15) is 55.1 Å². The lowest BCUT2D eigenvalue weighted by Crippen LogP contribution is -2.44. The highest BCUT2D eigenvalue weighted by atomic mass is 32.2. The van der Waals surface area contributed by atoms with Crippen molar-refractivity contribution in [2.24, 2.45) is 0 Å². The van der Waals surface area contributed by atoms with Crippen LogP contribution in [0.5, 0.6) is 11.5 Å². The summed E-state index contributed by atoms with van der Waals surface area (Å²) in [5.41, 5.74) is 0.580. The van der Waals surface area contributed by atoms with Gasteiger partial charge in [-0.25, -0.2) is 13.1 Å². The zero-order valence-electron chi connectivity index (χ0n) is 19.9. The third kappa shape index (κ3) is 4.78. The molecular weight excluding hydrogens is 456 g/mol. The van der Waals surface area contributed by atoms with E-state index >= 15 is 0 Å². The van der Waals surface area contributed by atoms with Crippen LogP contribution in [-0.2, 0) is 14.8 Å². The summed E-state index contributed by atoms with van der Waals surface area (Å²) in [5.74, 6) is 0.760. The molecule has 0 radical (unpaired) electrons. The largest absolute Gasteiger partial charge is 0.496 e. The number of carbonyl (C=O) groups is 1. The molecule has 1 unspecified atom stereocenters. The number of carbonyl (C=O) groups excluding carboxylic acids is 1. The second kappa shape index (κ2) is 9.93. The first-order chi connectivity index (χ1) is 16.3. The minimum Gasteiger partial charge on any atom is -0.496 e. The number of nitrogens with one attached hydrogen (secondary N) is 1. The number of rotatable bonds is 7. The molecule has 2 aromatic carbocycles. The van der Waals surface area contributed by atoms with Gasteiger partial charge in [-0.05, 0) is 37.1 Å². The predicted octanol–water partition coefficient (Wildman–Crippen LogP) is 3.53. The summed E-state index contributed by atoms with van der Waals surface area (Å²) in [5, 5.41) is 0. The third-order valence-electron chi connectivity index (χ3n) is 6.79. The highest BCUT2D eigenvalue weighted by Crippen LogP contribution is 2.43. The van der Waals surface area contributed by atoms with Crippen LogP contribution < -0.4 is 14.2 Å². The lowest BCUT2D eigenvalue weighted by Gasteiger charge is -2.41. The molecule has 2 aromatic rings. The van der Waals surface area contributed by atoms with Crippen LogP contribution in [0, 0.1) is 0 Å². The summed E-state index contributed by atoms with van der Waals surface area (Å²) in [6.07, 6.45) is 2.04. The number of morpholine rings is 1. The number of sulfonamides is 1. The maximum absolute atomic E-state index is 13.5. The molecule has 1 amide bonds. The molecule has 0 aromatic heterocycles. The second-order valence-electron chi connectivity index (χ2n) is 8.67. The second-order valence-corrected chi connectivity index (χ2v) is 10.4. The van der Waals surface area contributed by atoms with Crippen molar-refractivity contribution in [3.8, 4) is 11.5 Å². The number of methoxy groups -OCH3 is 1. The molecule has 9 heteroatoms. The lowest BCUT2D eigenvalue weighted by atomic mass is 9.84. The van der Waals surface area contributed by atoms with E-state index in [2.05, 4.69) is 18.6 Å². The lowest BCUT2D eigenvalue weighted by molar-refractivity contribution is 0.0260. The van der Waals surface area contributed by atoms with Gasteiger partial charge in [-0.1, -0.05) is 32.0 Å². The van der Waals surface area contributed by atoms with Crippen molar-refractivity contribution in [3.05, 3.63) is 53.6 Å². The van der Waals surface area contributed by atoms with Gasteiger partial charge in [-0.3, -0.25) is 4.79 Å². The fraction of sp³-hybridized carbons (Fsp3) is 0.480. The Labute approximate surface area is 201 Å². The smallest absolute Gasteiger partial charge is 0.257 e. The molecule has 1 saturated heterocycles. The SMILES string of the molecule is CCC1(CC)CC(NS(=O)(=O)c2ccc(OC)c(C(=O)N3CCOCC3)c2)c2ccccc2O1. The molecule has 34 heavy (non-hydrogen) atoms. The zero-order chi connectivity index (χ0) is 24.3. The number of ether oxygens (including phenoxy) is 3. The molecule has 2 aliphatic heterocycles. The summed E-state index contributed by atoms with van der Waals surface area (Å²) in [7, 11) is -2.47. The van der Waals surface area contributed by atoms with Gasteiger partial charge >= 0.3 is 0 Å². The van der Waals surface area contributed by atoms with E-state index in [0.717, 1.165) is 18.4 Å². The van der Waals surface area contributed by atoms with Crippen LogP contribution >= 0.6 is 0 Å². The minimum absolute atomic E-state index is 0.0208. The fourth-order valence-electron chi connectivity index (χ4n) is 4.62. The Balaban J connectivity index is 1.66. The monoisotopic (exact) mass is 488 g/mol. The minimum atomic E-state index is -3.94. The molecule has 2 heterocycles. The number of nitrogens with zero attached hydrogens (tertiary/aromatic N) is 1. The summed E-state index contributed by atoms with van der Waals surface area (Å²) < 4.78 is 46.9. The van der Waals surface area contributed by atoms with E-state index in [1.54, 1.807) is 4.90 Å². The first-order valence-corrected chi connectivity index (χ1v) is 13.2. The van der Waals surface area contributed by atoms with Gasteiger partial charge in [-0.2, -0.15) is 0 Å². The third-order valence-corrected chi connectivity index (χ3v) is 8.26. The fourth-order valence-corrected chi connectivity index (χ4v) is 5.86. The van der Waals surface area contributed by atoms with Crippen molar-refractivity contribution in [2.45, 2.75) is 49.6 Å². The van der Waals surface area contributed by atoms with Gasteiger partial charge in [0.2, 0.25) is 10.0 Å². The van der Waals surface area contributed by atoms with Gasteiger partial charge in [-0.15, -0.1) is 0 Å². The van der Waals surface area contributed by atoms with E-state index in [1.807, 2.05) is 24.3 Å². The van der Waals surface area contributed by atoms with E-state index in [-0.39, 0.29) is 16.4 Å². The zero-order valence-corrected chi connectivity index (χ0v) is 20.7. The molecule has 184 valence electrons. The van der Waals surface area contributed by atoms with Crippen LogP contribution in [0.4, 0.5) is 0 Å². The number of amides is 1. The molecule has 0 saturated carbocycles. The average Bonchev–Trinajstić information content (AvgIpc) is 2.88. The van der Waals surface area contributed by atoms with Crippen molar-refractivity contribution >= 4 is 15.9 Å². The Bertz CT molecular complexity index is 1140. The standard InChI is InChI=1S/C25H32N2O6S/c1-4-25(5-2)17-21(19-8-6-7-9-23(19)33-25)26-34(29,30)18-10-11-22(31-3)20(16-18)24(28)27-12-14-32-15-13-27/h6-11,16,21,26H,4-5,12-15,17H2,1-3H3. The summed E-state index contributed by atoms with van der Waals surface area (Å²) >= 11 is 0. The molecule has 1 atom stereocenters. The van der Waals surface area contributed by atoms with Crippen LogP contribution in [0.15, 0.2) is 47.4 Å². The summed E-state index contributed by atoms with van der Waals surface area (Å²) in [6.45, 7) is 5.91. The van der Waals surface area contributed by atoms with Gasteiger partial charge in [0, 0.05) is 25.1 Å².